The van der Waals surface area contributed by atoms with Crippen LogP contribution in [0.2, 0.25) is 0 Å². The van der Waals surface area contributed by atoms with Crippen LogP contribution in [0, 0.1) is 5.82 Å². The van der Waals surface area contributed by atoms with Crippen LogP contribution in [0.4, 0.5) is 10.1 Å². The molecule has 0 atom stereocenters. The topological polar surface area (TPSA) is 97.5 Å². The van der Waals surface area contributed by atoms with E-state index in [1.807, 2.05) is 0 Å². The van der Waals surface area contributed by atoms with Gasteiger partial charge in [0.15, 0.2) is 9.84 Å². The summed E-state index contributed by atoms with van der Waals surface area (Å²) in [5.41, 5.74) is 5.36. The molecule has 20 heavy (non-hydrogen) atoms. The second-order valence-corrected chi connectivity index (χ2v) is 8.80. The fourth-order valence-corrected chi connectivity index (χ4v) is 5.01. The predicted molar refractivity (Wildman–Crippen MR) is 72.8 cm³/mol. The first-order valence-electron chi connectivity index (χ1n) is 5.98. The van der Waals surface area contributed by atoms with Crippen molar-refractivity contribution in [1.82, 2.24) is 4.31 Å². The summed E-state index contributed by atoms with van der Waals surface area (Å²) in [6, 6.07) is 3.04. The van der Waals surface area contributed by atoms with Crippen LogP contribution in [0.1, 0.15) is 6.42 Å². The number of nitrogens with two attached hydrogens (primary N) is 1. The van der Waals surface area contributed by atoms with Gasteiger partial charge in [-0.05, 0) is 24.6 Å². The maximum atomic E-state index is 13.0. The van der Waals surface area contributed by atoms with Gasteiger partial charge < -0.3 is 5.73 Å². The molecule has 2 rings (SSSR count). The van der Waals surface area contributed by atoms with Gasteiger partial charge in [0.25, 0.3) is 0 Å². The van der Waals surface area contributed by atoms with E-state index in [4.69, 9.17) is 5.73 Å². The Bertz CT molecular complexity index is 716. The molecule has 1 aromatic rings. The largest absolute Gasteiger partial charge is 0.398 e. The van der Waals surface area contributed by atoms with Crippen molar-refractivity contribution in [3.05, 3.63) is 24.0 Å². The Labute approximate surface area is 117 Å². The molecule has 2 N–H and O–H groups in total. The maximum Gasteiger partial charge on any atom is 0.245 e. The summed E-state index contributed by atoms with van der Waals surface area (Å²) in [6.07, 6.45) is 0.239. The van der Waals surface area contributed by atoms with Crippen molar-refractivity contribution in [3.63, 3.8) is 0 Å². The van der Waals surface area contributed by atoms with Crippen molar-refractivity contribution < 1.29 is 21.2 Å². The van der Waals surface area contributed by atoms with Crippen LogP contribution < -0.4 is 5.73 Å². The Kier molecular flexibility index (Phi) is 4.03. The molecule has 0 saturated carbocycles. The van der Waals surface area contributed by atoms with Gasteiger partial charge in [-0.15, -0.1) is 0 Å². The Hall–Kier alpha value is -1.19. The highest BCUT2D eigenvalue weighted by Crippen LogP contribution is 2.24. The zero-order chi connectivity index (χ0) is 15.0. The number of anilines is 1. The minimum Gasteiger partial charge on any atom is -0.398 e. The van der Waals surface area contributed by atoms with Gasteiger partial charge >= 0.3 is 0 Å². The van der Waals surface area contributed by atoms with Crippen LogP contribution >= 0.6 is 0 Å². The van der Waals surface area contributed by atoms with Crippen LogP contribution in [0.25, 0.3) is 0 Å². The predicted octanol–water partition coefficient (Wildman–Crippen LogP) is 0.217. The lowest BCUT2D eigenvalue weighted by Crippen LogP contribution is -2.34. The summed E-state index contributed by atoms with van der Waals surface area (Å²) in [6.45, 7) is -0.000136. The van der Waals surface area contributed by atoms with Gasteiger partial charge in [-0.25, -0.2) is 21.2 Å². The molecule has 0 bridgehead atoms. The zero-order valence-electron chi connectivity index (χ0n) is 10.6. The summed E-state index contributed by atoms with van der Waals surface area (Å²) in [4.78, 5) is -0.196. The molecule has 112 valence electrons. The van der Waals surface area contributed by atoms with Crippen LogP contribution in [0.3, 0.4) is 0 Å². The van der Waals surface area contributed by atoms with Crippen LogP contribution in [-0.2, 0) is 19.9 Å². The van der Waals surface area contributed by atoms with E-state index in [0.29, 0.717) is 0 Å². The number of sulfone groups is 1. The molecule has 0 unspecified atom stereocenters. The van der Waals surface area contributed by atoms with E-state index in [2.05, 4.69) is 0 Å². The van der Waals surface area contributed by atoms with E-state index in [1.54, 1.807) is 0 Å². The van der Waals surface area contributed by atoms with Gasteiger partial charge in [0, 0.05) is 13.1 Å². The molecule has 1 aliphatic rings. The van der Waals surface area contributed by atoms with E-state index in [0.717, 1.165) is 22.5 Å². The van der Waals surface area contributed by atoms with Crippen molar-refractivity contribution in [3.8, 4) is 0 Å². The van der Waals surface area contributed by atoms with Crippen LogP contribution in [0.5, 0.6) is 0 Å². The lowest BCUT2D eigenvalue weighted by molar-refractivity contribution is 0.435. The first-order chi connectivity index (χ1) is 9.22. The number of benzene rings is 1. The van der Waals surface area contributed by atoms with Gasteiger partial charge in [0.2, 0.25) is 10.0 Å². The molecule has 0 radical (unpaired) electrons. The molecule has 1 fully saturated rings. The number of rotatable bonds is 2. The van der Waals surface area contributed by atoms with E-state index in [1.165, 1.54) is 0 Å². The lowest BCUT2D eigenvalue weighted by atomic mass is 10.3. The van der Waals surface area contributed by atoms with Gasteiger partial charge in [-0.1, -0.05) is 0 Å². The Morgan fingerprint density at radius 1 is 1.20 bits per heavy atom. The standard InChI is InChI=1S/C11H15FN2O4S2/c12-9-2-3-11(10(13)8-9)20(17,18)14-4-1-6-19(15,16)7-5-14/h2-3,8H,1,4-7,13H2. The summed E-state index contributed by atoms with van der Waals surface area (Å²) in [7, 11) is -7.11. The number of halogens is 1. The minimum absolute atomic E-state index is 0.0298. The van der Waals surface area contributed by atoms with Gasteiger partial charge in [0.1, 0.15) is 10.7 Å². The molecule has 6 nitrogen and oxygen atoms in total. The third kappa shape index (κ3) is 3.10. The molecule has 0 aliphatic carbocycles. The van der Waals surface area contributed by atoms with Gasteiger partial charge in [0.05, 0.1) is 17.2 Å². The highest BCUT2D eigenvalue weighted by Gasteiger charge is 2.30. The highest BCUT2D eigenvalue weighted by molar-refractivity contribution is 7.91. The van der Waals surface area contributed by atoms with E-state index < -0.39 is 25.7 Å². The average molecular weight is 322 g/mol. The molecule has 1 heterocycles. The fraction of sp³-hybridized carbons (Fsp3) is 0.455. The SMILES string of the molecule is Nc1cc(F)ccc1S(=O)(=O)N1CCCS(=O)(=O)CC1. The van der Waals surface area contributed by atoms with E-state index in [-0.39, 0.29) is 41.6 Å². The number of nitrogen functional groups attached to an aromatic ring is 1. The van der Waals surface area contributed by atoms with Gasteiger partial charge in [-0.3, -0.25) is 0 Å². The highest BCUT2D eigenvalue weighted by atomic mass is 32.2. The summed E-state index contributed by atoms with van der Waals surface area (Å²) < 4.78 is 61.9. The normalized spacial score (nSPS) is 20.4. The Morgan fingerprint density at radius 2 is 1.90 bits per heavy atom. The van der Waals surface area contributed by atoms with Crippen molar-refractivity contribution in [2.75, 3.05) is 30.3 Å². The van der Waals surface area contributed by atoms with Crippen LogP contribution in [0.15, 0.2) is 23.1 Å². The Morgan fingerprint density at radius 3 is 2.55 bits per heavy atom. The van der Waals surface area contributed by atoms with Crippen molar-refractivity contribution in [2.45, 2.75) is 11.3 Å². The smallest absolute Gasteiger partial charge is 0.245 e. The second kappa shape index (κ2) is 5.30. The van der Waals surface area contributed by atoms with Gasteiger partial charge in [-0.2, -0.15) is 4.31 Å². The third-order valence-corrected chi connectivity index (χ3v) is 6.79. The maximum absolute atomic E-state index is 13.0. The summed E-state index contributed by atoms with van der Waals surface area (Å²) in [5, 5.41) is 0. The lowest BCUT2D eigenvalue weighted by Gasteiger charge is -2.20. The summed E-state index contributed by atoms with van der Waals surface area (Å²) in [5.74, 6) is -0.870. The molecular weight excluding hydrogens is 307 g/mol. The summed E-state index contributed by atoms with van der Waals surface area (Å²) >= 11 is 0. The quantitative estimate of drug-likeness (QED) is 0.785. The monoisotopic (exact) mass is 322 g/mol. The molecule has 1 aromatic carbocycles. The second-order valence-electron chi connectivity index (χ2n) is 4.59. The molecule has 1 saturated heterocycles. The third-order valence-electron chi connectivity index (χ3n) is 3.10. The zero-order valence-corrected chi connectivity index (χ0v) is 12.3. The van der Waals surface area contributed by atoms with Crippen molar-refractivity contribution in [1.29, 1.82) is 0 Å². The molecule has 9 heteroatoms. The average Bonchev–Trinajstić information content (AvgIpc) is 2.50. The molecule has 1 aliphatic heterocycles. The first kappa shape index (κ1) is 15.2. The first-order valence-corrected chi connectivity index (χ1v) is 9.24. The molecular formula is C11H15FN2O4S2. The number of sulfonamides is 1. The molecule has 0 spiro atoms. The Balaban J connectivity index is 2.35. The van der Waals surface area contributed by atoms with E-state index in [9.17, 15) is 21.2 Å². The number of nitrogens with zero attached hydrogens (tertiary/aromatic N) is 1. The fourth-order valence-electron chi connectivity index (χ4n) is 2.05. The molecule has 0 aromatic heterocycles. The van der Waals surface area contributed by atoms with E-state index >= 15 is 0 Å². The van der Waals surface area contributed by atoms with Crippen LogP contribution in [-0.4, -0.2) is 45.7 Å². The minimum atomic E-state index is -3.91. The van der Waals surface area contributed by atoms with Crippen molar-refractivity contribution in [2.24, 2.45) is 0 Å². The molecule has 0 amide bonds. The number of hydrogen-bond acceptors (Lipinski definition) is 5. The number of hydrogen-bond donors (Lipinski definition) is 1. The van der Waals surface area contributed by atoms with Crippen molar-refractivity contribution >= 4 is 25.5 Å².